The quantitative estimate of drug-likeness (QED) is 0.833. The van der Waals surface area contributed by atoms with Gasteiger partial charge in [0.15, 0.2) is 0 Å². The lowest BCUT2D eigenvalue weighted by Gasteiger charge is -2.30. The van der Waals surface area contributed by atoms with Gasteiger partial charge in [-0.3, -0.25) is 9.59 Å². The minimum Gasteiger partial charge on any atom is -0.469 e. The van der Waals surface area contributed by atoms with Crippen molar-refractivity contribution < 1.29 is 23.1 Å². The van der Waals surface area contributed by atoms with Gasteiger partial charge < -0.3 is 10.1 Å². The molecule has 0 unspecified atom stereocenters. The van der Waals surface area contributed by atoms with E-state index in [1.54, 1.807) is 6.92 Å². The van der Waals surface area contributed by atoms with Crippen molar-refractivity contribution in [3.63, 3.8) is 0 Å². The van der Waals surface area contributed by atoms with Crippen LogP contribution < -0.4 is 5.32 Å². The summed E-state index contributed by atoms with van der Waals surface area (Å²) in [5, 5.41) is 6.64. The highest BCUT2D eigenvalue weighted by atomic mass is 19.3. The van der Waals surface area contributed by atoms with E-state index in [4.69, 9.17) is 4.74 Å². The van der Waals surface area contributed by atoms with Crippen molar-refractivity contribution in [3.05, 3.63) is 17.0 Å². The zero-order valence-electron chi connectivity index (χ0n) is 14.1. The Hall–Kier alpha value is -1.99. The molecule has 2 atom stereocenters. The van der Waals surface area contributed by atoms with Gasteiger partial charge in [-0.25, -0.2) is 4.68 Å². The number of hydrogen-bond donors (Lipinski definition) is 1. The third-order valence-corrected chi connectivity index (χ3v) is 4.61. The lowest BCUT2D eigenvalue weighted by Crippen LogP contribution is -2.46. The minimum atomic E-state index is -2.73. The van der Waals surface area contributed by atoms with Gasteiger partial charge in [0.1, 0.15) is 0 Å². The SMILES string of the molecule is COC(=O)[C@@H]1CCCC[C@@H]1NC(=O)Cc1c(C)nn(C(F)F)c1C. The highest BCUT2D eigenvalue weighted by molar-refractivity contribution is 5.81. The van der Waals surface area contributed by atoms with E-state index in [9.17, 15) is 18.4 Å². The zero-order valence-corrected chi connectivity index (χ0v) is 14.1. The Kier molecular flexibility index (Phi) is 5.90. The molecule has 1 aliphatic rings. The first-order valence-corrected chi connectivity index (χ1v) is 8.05. The maximum absolute atomic E-state index is 12.9. The molecule has 6 nitrogen and oxygen atoms in total. The van der Waals surface area contributed by atoms with E-state index in [2.05, 4.69) is 10.4 Å². The van der Waals surface area contributed by atoms with Crippen LogP contribution >= 0.6 is 0 Å². The number of hydrogen-bond acceptors (Lipinski definition) is 4. The Morgan fingerprint density at radius 3 is 2.58 bits per heavy atom. The monoisotopic (exact) mass is 343 g/mol. The molecule has 0 bridgehead atoms. The molecule has 0 radical (unpaired) electrons. The Balaban J connectivity index is 2.06. The summed E-state index contributed by atoms with van der Waals surface area (Å²) >= 11 is 0. The van der Waals surface area contributed by atoms with Gasteiger partial charge in [-0.15, -0.1) is 0 Å². The van der Waals surface area contributed by atoms with Gasteiger partial charge in [-0.05, 0) is 26.7 Å². The Bertz CT molecular complexity index is 616. The summed E-state index contributed by atoms with van der Waals surface area (Å²) in [5.41, 5.74) is 1.19. The van der Waals surface area contributed by atoms with Crippen molar-refractivity contribution in [3.8, 4) is 0 Å². The van der Waals surface area contributed by atoms with Crippen LogP contribution in [0.15, 0.2) is 0 Å². The predicted octanol–water partition coefficient (Wildman–Crippen LogP) is 2.29. The third-order valence-electron chi connectivity index (χ3n) is 4.61. The second-order valence-corrected chi connectivity index (χ2v) is 6.14. The number of methoxy groups -OCH3 is 1. The summed E-state index contributed by atoms with van der Waals surface area (Å²) < 4.78 is 31.1. The van der Waals surface area contributed by atoms with E-state index in [0.717, 1.165) is 12.8 Å². The number of ether oxygens (including phenoxy) is 1. The lowest BCUT2D eigenvalue weighted by atomic mass is 9.84. The van der Waals surface area contributed by atoms with Gasteiger partial charge >= 0.3 is 12.5 Å². The Morgan fingerprint density at radius 1 is 1.33 bits per heavy atom. The molecule has 0 aliphatic heterocycles. The van der Waals surface area contributed by atoms with Crippen LogP contribution in [0, 0.1) is 19.8 Å². The molecule has 24 heavy (non-hydrogen) atoms. The fourth-order valence-corrected chi connectivity index (χ4v) is 3.30. The van der Waals surface area contributed by atoms with Crippen LogP contribution in [0.25, 0.3) is 0 Å². The first-order chi connectivity index (χ1) is 11.3. The molecule has 134 valence electrons. The molecule has 1 N–H and O–H groups in total. The molecular formula is C16H23F2N3O3. The average Bonchev–Trinajstić information content (AvgIpc) is 2.83. The van der Waals surface area contributed by atoms with Crippen LogP contribution in [0.1, 0.15) is 49.2 Å². The number of aryl methyl sites for hydroxylation is 1. The molecule has 1 fully saturated rings. The Morgan fingerprint density at radius 2 is 2.00 bits per heavy atom. The lowest BCUT2D eigenvalue weighted by molar-refractivity contribution is -0.147. The number of carbonyl (C=O) groups is 2. The van der Waals surface area contributed by atoms with Gasteiger partial charge in [0.05, 0.1) is 25.1 Å². The molecule has 1 aromatic heterocycles. The molecular weight excluding hydrogens is 320 g/mol. The number of nitrogens with one attached hydrogen (secondary N) is 1. The molecule has 2 rings (SSSR count). The van der Waals surface area contributed by atoms with Gasteiger partial charge in [0.2, 0.25) is 5.91 Å². The van der Waals surface area contributed by atoms with Crippen molar-refractivity contribution in [2.24, 2.45) is 5.92 Å². The number of esters is 1. The second kappa shape index (κ2) is 7.72. The fraction of sp³-hybridized carbons (Fsp3) is 0.688. The maximum atomic E-state index is 12.9. The van der Waals surface area contributed by atoms with E-state index >= 15 is 0 Å². The molecule has 0 saturated heterocycles. The van der Waals surface area contributed by atoms with Gasteiger partial charge in [-0.1, -0.05) is 12.8 Å². The molecule has 0 aromatic carbocycles. The normalized spacial score (nSPS) is 20.9. The number of nitrogens with zero attached hydrogens (tertiary/aromatic N) is 2. The van der Waals surface area contributed by atoms with Gasteiger partial charge in [0.25, 0.3) is 0 Å². The summed E-state index contributed by atoms with van der Waals surface area (Å²) in [4.78, 5) is 24.2. The van der Waals surface area contributed by atoms with Crippen molar-refractivity contribution >= 4 is 11.9 Å². The maximum Gasteiger partial charge on any atom is 0.333 e. The number of alkyl halides is 2. The molecule has 1 aliphatic carbocycles. The van der Waals surface area contributed by atoms with Crippen LogP contribution in [0.3, 0.4) is 0 Å². The zero-order chi connectivity index (χ0) is 17.9. The summed E-state index contributed by atoms with van der Waals surface area (Å²) in [6.45, 7) is 0.390. The highest BCUT2D eigenvalue weighted by Crippen LogP contribution is 2.26. The summed E-state index contributed by atoms with van der Waals surface area (Å²) in [6, 6.07) is -0.274. The molecule has 1 saturated carbocycles. The van der Waals surface area contributed by atoms with Crippen LogP contribution in [0.2, 0.25) is 0 Å². The fourth-order valence-electron chi connectivity index (χ4n) is 3.30. The third kappa shape index (κ3) is 3.91. The minimum absolute atomic E-state index is 0.0330. The highest BCUT2D eigenvalue weighted by Gasteiger charge is 2.33. The molecule has 8 heteroatoms. The number of rotatable bonds is 5. The van der Waals surface area contributed by atoms with E-state index in [0.29, 0.717) is 28.8 Å². The van der Waals surface area contributed by atoms with Crippen molar-refractivity contribution in [2.45, 2.75) is 58.5 Å². The van der Waals surface area contributed by atoms with Crippen LogP contribution in [0.4, 0.5) is 8.78 Å². The van der Waals surface area contributed by atoms with E-state index in [1.165, 1.54) is 14.0 Å². The summed E-state index contributed by atoms with van der Waals surface area (Å²) in [5.74, 6) is -0.965. The number of amides is 1. The van der Waals surface area contributed by atoms with Gasteiger partial charge in [0, 0.05) is 17.3 Å². The number of aromatic nitrogens is 2. The number of carbonyl (C=O) groups excluding carboxylic acids is 2. The molecule has 1 heterocycles. The summed E-state index contributed by atoms with van der Waals surface area (Å²) in [6.07, 6.45) is 3.21. The summed E-state index contributed by atoms with van der Waals surface area (Å²) in [7, 11) is 1.33. The largest absolute Gasteiger partial charge is 0.469 e. The van der Waals surface area contributed by atoms with E-state index in [1.807, 2.05) is 0 Å². The standard InChI is InChI=1S/C16H23F2N3O3/c1-9-12(10(2)21(20-9)16(17)18)8-14(22)19-13-7-5-4-6-11(13)15(23)24-3/h11,13,16H,4-8H2,1-3H3,(H,19,22)/t11-,13+/m1/s1. The van der Waals surface area contributed by atoms with Crippen LogP contribution in [-0.2, 0) is 20.7 Å². The van der Waals surface area contributed by atoms with E-state index in [-0.39, 0.29) is 36.0 Å². The van der Waals surface area contributed by atoms with E-state index < -0.39 is 6.55 Å². The molecule has 1 amide bonds. The van der Waals surface area contributed by atoms with Crippen LogP contribution in [-0.4, -0.2) is 34.8 Å². The van der Waals surface area contributed by atoms with Crippen molar-refractivity contribution in [2.75, 3.05) is 7.11 Å². The predicted molar refractivity (Wildman–Crippen MR) is 82.6 cm³/mol. The second-order valence-electron chi connectivity index (χ2n) is 6.14. The van der Waals surface area contributed by atoms with Gasteiger partial charge in [-0.2, -0.15) is 13.9 Å². The number of halogens is 2. The molecule has 1 aromatic rings. The first kappa shape index (κ1) is 18.4. The van der Waals surface area contributed by atoms with Crippen LogP contribution in [0.5, 0.6) is 0 Å². The van der Waals surface area contributed by atoms with Crippen molar-refractivity contribution in [1.29, 1.82) is 0 Å². The Labute approximate surface area is 139 Å². The first-order valence-electron chi connectivity index (χ1n) is 8.05. The van der Waals surface area contributed by atoms with Crippen molar-refractivity contribution in [1.82, 2.24) is 15.1 Å². The topological polar surface area (TPSA) is 73.2 Å². The molecule has 0 spiro atoms. The average molecular weight is 343 g/mol. The smallest absolute Gasteiger partial charge is 0.333 e.